The highest BCUT2D eigenvalue weighted by molar-refractivity contribution is 6.09. The number of rotatable bonds is 7. The Balaban J connectivity index is 2.13. The third kappa shape index (κ3) is 3.11. The second-order valence-electron chi connectivity index (χ2n) is 7.40. The van der Waals surface area contributed by atoms with Gasteiger partial charge >= 0.3 is 5.97 Å². The van der Waals surface area contributed by atoms with Gasteiger partial charge in [0.05, 0.1) is 18.4 Å². The van der Waals surface area contributed by atoms with Gasteiger partial charge in [-0.05, 0) is 38.0 Å². The predicted octanol–water partition coefficient (Wildman–Crippen LogP) is 2.58. The van der Waals surface area contributed by atoms with Crippen LogP contribution >= 0.6 is 0 Å². The van der Waals surface area contributed by atoms with Crippen molar-refractivity contribution in [1.82, 2.24) is 10.2 Å². The number of nitrogens with one attached hydrogen (secondary N) is 1. The van der Waals surface area contributed by atoms with E-state index in [1.54, 1.807) is 26.0 Å². The van der Waals surface area contributed by atoms with Gasteiger partial charge in [-0.2, -0.15) is 0 Å². The number of nitrogens with zero attached hydrogens (tertiary/aromatic N) is 1. The molecule has 1 aromatic carbocycles. The maximum Gasteiger partial charge on any atom is 0.327 e. The summed E-state index contributed by atoms with van der Waals surface area (Å²) in [5.74, 6) is -3.22. The largest absolute Gasteiger partial charge is 0.465 e. The Kier molecular flexibility index (Phi) is 5.84. The molecule has 0 radical (unpaired) electrons. The molecule has 1 aromatic rings. The monoisotopic (exact) mass is 390 g/mol. The maximum absolute atomic E-state index is 13.9. The van der Waals surface area contributed by atoms with E-state index < -0.39 is 35.2 Å². The molecule has 4 atom stereocenters. The third-order valence-electron chi connectivity index (χ3n) is 5.83. The summed E-state index contributed by atoms with van der Waals surface area (Å²) < 4.78 is 19.2. The van der Waals surface area contributed by atoms with Crippen molar-refractivity contribution in [3.63, 3.8) is 0 Å². The zero-order chi connectivity index (χ0) is 20.5. The smallest absolute Gasteiger partial charge is 0.327 e. The molecule has 0 spiro atoms. The molecular weight excluding hydrogens is 363 g/mol. The van der Waals surface area contributed by atoms with Gasteiger partial charge in [0.2, 0.25) is 11.8 Å². The number of ether oxygens (including phenoxy) is 1. The first-order valence-electron chi connectivity index (χ1n) is 9.96. The molecular formula is C21H27FN2O4. The Labute approximate surface area is 164 Å². The van der Waals surface area contributed by atoms with Gasteiger partial charge in [0.15, 0.2) is 0 Å². The minimum Gasteiger partial charge on any atom is -0.465 e. The molecule has 2 aliphatic heterocycles. The lowest BCUT2D eigenvalue weighted by molar-refractivity contribution is -0.156. The lowest BCUT2D eigenvalue weighted by Gasteiger charge is -2.32. The summed E-state index contributed by atoms with van der Waals surface area (Å²) in [7, 11) is 0. The van der Waals surface area contributed by atoms with Crippen LogP contribution in [0.5, 0.6) is 0 Å². The summed E-state index contributed by atoms with van der Waals surface area (Å²) in [5, 5.41) is 3.27. The van der Waals surface area contributed by atoms with Crippen molar-refractivity contribution in [2.45, 2.75) is 51.6 Å². The highest BCUT2D eigenvalue weighted by Gasteiger charge is 2.68. The highest BCUT2D eigenvalue weighted by Crippen LogP contribution is 2.50. The maximum atomic E-state index is 13.9. The van der Waals surface area contributed by atoms with E-state index in [1.807, 2.05) is 6.92 Å². The van der Waals surface area contributed by atoms with E-state index in [9.17, 15) is 18.8 Å². The van der Waals surface area contributed by atoms with Gasteiger partial charge in [0.1, 0.15) is 11.4 Å². The SMILES string of the molecule is CCCCC1(C(=O)OCC)NC(c2cccc(F)c2)C2C(=O)N(CC)C(=O)C21. The lowest BCUT2D eigenvalue weighted by Crippen LogP contribution is -2.56. The number of carbonyl (C=O) groups is 3. The topological polar surface area (TPSA) is 75.7 Å². The second kappa shape index (κ2) is 7.99. The van der Waals surface area contributed by atoms with Crippen LogP contribution in [0.15, 0.2) is 24.3 Å². The van der Waals surface area contributed by atoms with E-state index in [2.05, 4.69) is 5.32 Å². The van der Waals surface area contributed by atoms with E-state index in [0.29, 0.717) is 18.4 Å². The van der Waals surface area contributed by atoms with Crippen molar-refractivity contribution >= 4 is 17.8 Å². The third-order valence-corrected chi connectivity index (χ3v) is 5.83. The van der Waals surface area contributed by atoms with Gasteiger partial charge in [-0.15, -0.1) is 0 Å². The van der Waals surface area contributed by atoms with Crippen molar-refractivity contribution in [3.8, 4) is 0 Å². The number of fused-ring (bicyclic) bond motifs is 1. The van der Waals surface area contributed by atoms with E-state index in [1.165, 1.54) is 17.0 Å². The van der Waals surface area contributed by atoms with Crippen molar-refractivity contribution in [1.29, 1.82) is 0 Å². The Hall–Kier alpha value is -2.28. The van der Waals surface area contributed by atoms with Crippen molar-refractivity contribution in [2.24, 2.45) is 11.8 Å². The summed E-state index contributed by atoms with van der Waals surface area (Å²) in [6.45, 7) is 5.86. The number of hydrogen-bond donors (Lipinski definition) is 1. The minimum atomic E-state index is -1.29. The number of amides is 2. The zero-order valence-electron chi connectivity index (χ0n) is 16.5. The Bertz CT molecular complexity index is 783. The summed E-state index contributed by atoms with van der Waals surface area (Å²) in [4.78, 5) is 40.5. The molecule has 152 valence electrons. The van der Waals surface area contributed by atoms with E-state index in [-0.39, 0.29) is 25.0 Å². The molecule has 4 unspecified atom stereocenters. The first-order valence-corrected chi connectivity index (χ1v) is 9.96. The molecule has 2 aliphatic rings. The Morgan fingerprint density at radius 3 is 2.61 bits per heavy atom. The normalized spacial score (nSPS) is 29.3. The van der Waals surface area contributed by atoms with Gasteiger partial charge in [-0.1, -0.05) is 31.9 Å². The second-order valence-corrected chi connectivity index (χ2v) is 7.40. The molecule has 0 bridgehead atoms. The minimum absolute atomic E-state index is 0.177. The standard InChI is InChI=1S/C21H27FN2O4/c1-4-7-11-21(20(27)28-6-3)16-15(18(25)24(5-2)19(16)26)17(23-21)13-9-8-10-14(22)12-13/h8-10,12,15-17,23H,4-7,11H2,1-3H3. The molecule has 0 aliphatic carbocycles. The summed E-state index contributed by atoms with van der Waals surface area (Å²) in [6, 6.07) is 5.32. The molecule has 7 heteroatoms. The number of carbonyl (C=O) groups excluding carboxylic acids is 3. The molecule has 28 heavy (non-hydrogen) atoms. The van der Waals surface area contributed by atoms with E-state index >= 15 is 0 Å². The van der Waals surface area contributed by atoms with Crippen LogP contribution in [0.2, 0.25) is 0 Å². The summed E-state index contributed by atoms with van der Waals surface area (Å²) >= 11 is 0. The molecule has 2 amide bonds. The predicted molar refractivity (Wildman–Crippen MR) is 101 cm³/mol. The van der Waals surface area contributed by atoms with Crippen LogP contribution in [0.1, 0.15) is 51.6 Å². The number of likely N-dealkylation sites (tertiary alicyclic amines) is 1. The molecule has 6 nitrogen and oxygen atoms in total. The van der Waals surface area contributed by atoms with Gasteiger partial charge in [0.25, 0.3) is 0 Å². The quantitative estimate of drug-likeness (QED) is 0.572. The first-order chi connectivity index (χ1) is 13.4. The van der Waals surface area contributed by atoms with Crippen LogP contribution in [0.4, 0.5) is 4.39 Å². The molecule has 2 saturated heterocycles. The van der Waals surface area contributed by atoms with Crippen LogP contribution in [0, 0.1) is 17.7 Å². The fraction of sp³-hybridized carbons (Fsp3) is 0.571. The summed E-state index contributed by atoms with van der Waals surface area (Å²) in [5.41, 5.74) is -0.735. The molecule has 2 heterocycles. The van der Waals surface area contributed by atoms with Gasteiger partial charge in [-0.25, -0.2) is 4.39 Å². The van der Waals surface area contributed by atoms with Gasteiger partial charge < -0.3 is 4.74 Å². The fourth-order valence-corrected chi connectivity index (χ4v) is 4.60. The molecule has 0 saturated carbocycles. The summed E-state index contributed by atoms with van der Waals surface area (Å²) in [6.07, 6.45) is 1.90. The Morgan fingerprint density at radius 2 is 2.00 bits per heavy atom. The number of benzene rings is 1. The van der Waals surface area contributed by atoms with Crippen LogP contribution in [0.3, 0.4) is 0 Å². The molecule has 0 aromatic heterocycles. The average molecular weight is 390 g/mol. The number of unbranched alkanes of at least 4 members (excludes halogenated alkanes) is 1. The fourth-order valence-electron chi connectivity index (χ4n) is 4.60. The van der Waals surface area contributed by atoms with Gasteiger partial charge in [-0.3, -0.25) is 24.6 Å². The van der Waals surface area contributed by atoms with Crippen LogP contribution < -0.4 is 5.32 Å². The Morgan fingerprint density at radius 1 is 1.25 bits per heavy atom. The van der Waals surface area contributed by atoms with Crippen LogP contribution in [-0.2, 0) is 19.1 Å². The van der Waals surface area contributed by atoms with Crippen molar-refractivity contribution in [3.05, 3.63) is 35.6 Å². The van der Waals surface area contributed by atoms with Crippen LogP contribution in [0.25, 0.3) is 0 Å². The van der Waals surface area contributed by atoms with Crippen LogP contribution in [-0.4, -0.2) is 41.4 Å². The van der Waals surface area contributed by atoms with E-state index in [0.717, 1.165) is 6.42 Å². The number of halogens is 1. The average Bonchev–Trinajstić information content (AvgIpc) is 3.15. The number of esters is 1. The van der Waals surface area contributed by atoms with Crippen molar-refractivity contribution in [2.75, 3.05) is 13.2 Å². The number of imide groups is 1. The molecule has 2 fully saturated rings. The highest BCUT2D eigenvalue weighted by atomic mass is 19.1. The molecule has 1 N–H and O–H groups in total. The zero-order valence-corrected chi connectivity index (χ0v) is 16.5. The molecule has 3 rings (SSSR count). The van der Waals surface area contributed by atoms with Crippen molar-refractivity contribution < 1.29 is 23.5 Å². The van der Waals surface area contributed by atoms with E-state index in [4.69, 9.17) is 4.74 Å². The first kappa shape index (κ1) is 20.5. The van der Waals surface area contributed by atoms with Gasteiger partial charge in [0, 0.05) is 12.6 Å². The number of hydrogen-bond acceptors (Lipinski definition) is 5. The lowest BCUT2D eigenvalue weighted by atomic mass is 9.76.